The average Bonchev–Trinajstić information content (AvgIpc) is 2.84. The maximum Gasteiger partial charge on any atom is 0.237 e. The third-order valence-corrected chi connectivity index (χ3v) is 4.54. The Balaban J connectivity index is 2.00. The first-order valence-electron chi connectivity index (χ1n) is 6.13. The standard InChI is InChI=1S/C13H14N4O2S2/c1-7(18)9-4-3-5-10(6-9)15-11(19)8(2)20-13-17-16-12(14)21-13/h3-6,8H,1-2H3,(H2,14,16)(H,15,19). The molecule has 2 aromatic rings. The summed E-state index contributed by atoms with van der Waals surface area (Å²) in [5, 5.41) is 10.4. The van der Waals surface area contributed by atoms with Crippen LogP contribution in [0.15, 0.2) is 28.6 Å². The number of carbonyl (C=O) groups is 2. The van der Waals surface area contributed by atoms with Crippen molar-refractivity contribution in [1.29, 1.82) is 0 Å². The van der Waals surface area contributed by atoms with E-state index in [0.29, 0.717) is 20.7 Å². The number of ketones is 1. The van der Waals surface area contributed by atoms with Gasteiger partial charge in [0.05, 0.1) is 5.25 Å². The molecule has 1 unspecified atom stereocenters. The molecule has 0 aliphatic carbocycles. The van der Waals surface area contributed by atoms with Gasteiger partial charge in [-0.3, -0.25) is 9.59 Å². The molecule has 1 amide bonds. The molecule has 6 nitrogen and oxygen atoms in total. The summed E-state index contributed by atoms with van der Waals surface area (Å²) < 4.78 is 0.646. The van der Waals surface area contributed by atoms with Gasteiger partial charge in [0.15, 0.2) is 10.1 Å². The Labute approximate surface area is 130 Å². The van der Waals surface area contributed by atoms with Gasteiger partial charge in [-0.05, 0) is 26.0 Å². The van der Waals surface area contributed by atoms with Gasteiger partial charge in [-0.25, -0.2) is 0 Å². The molecule has 0 aliphatic rings. The molecule has 8 heteroatoms. The number of hydrogen-bond donors (Lipinski definition) is 2. The lowest BCUT2D eigenvalue weighted by atomic mass is 10.1. The van der Waals surface area contributed by atoms with Crippen molar-refractivity contribution in [3.05, 3.63) is 29.8 Å². The van der Waals surface area contributed by atoms with E-state index in [0.717, 1.165) is 0 Å². The van der Waals surface area contributed by atoms with E-state index in [2.05, 4.69) is 15.5 Å². The van der Waals surface area contributed by atoms with Crippen LogP contribution in [-0.2, 0) is 4.79 Å². The Kier molecular flexibility index (Phi) is 4.92. The highest BCUT2D eigenvalue weighted by Crippen LogP contribution is 2.28. The smallest absolute Gasteiger partial charge is 0.237 e. The second kappa shape index (κ2) is 6.68. The predicted molar refractivity (Wildman–Crippen MR) is 84.7 cm³/mol. The van der Waals surface area contributed by atoms with Gasteiger partial charge in [0.1, 0.15) is 0 Å². The second-order valence-electron chi connectivity index (χ2n) is 4.29. The fraction of sp³-hybridized carbons (Fsp3) is 0.231. The molecular weight excluding hydrogens is 308 g/mol. The lowest BCUT2D eigenvalue weighted by Gasteiger charge is -2.10. The Morgan fingerprint density at radius 3 is 2.76 bits per heavy atom. The van der Waals surface area contributed by atoms with Crippen molar-refractivity contribution in [1.82, 2.24) is 10.2 Å². The van der Waals surface area contributed by atoms with Crippen LogP contribution in [0.25, 0.3) is 0 Å². The van der Waals surface area contributed by atoms with Crippen molar-refractivity contribution in [2.24, 2.45) is 0 Å². The van der Waals surface area contributed by atoms with Crippen molar-refractivity contribution in [3.63, 3.8) is 0 Å². The van der Waals surface area contributed by atoms with Crippen molar-refractivity contribution in [3.8, 4) is 0 Å². The van der Waals surface area contributed by atoms with Crippen LogP contribution in [-0.4, -0.2) is 27.1 Å². The van der Waals surface area contributed by atoms with Crippen LogP contribution in [0.3, 0.4) is 0 Å². The molecular formula is C13H14N4O2S2. The zero-order valence-corrected chi connectivity index (χ0v) is 13.1. The first-order chi connectivity index (χ1) is 9.95. The number of nitrogens with zero attached hydrogens (tertiary/aromatic N) is 2. The monoisotopic (exact) mass is 322 g/mol. The molecule has 0 saturated carbocycles. The quantitative estimate of drug-likeness (QED) is 0.648. The van der Waals surface area contributed by atoms with Crippen molar-refractivity contribution >= 4 is 45.6 Å². The Morgan fingerprint density at radius 2 is 2.14 bits per heavy atom. The normalized spacial score (nSPS) is 11.9. The molecule has 3 N–H and O–H groups in total. The number of Topliss-reactive ketones (excluding diaryl/α,β-unsaturated/α-hetero) is 1. The van der Waals surface area contributed by atoms with E-state index in [1.165, 1.54) is 30.0 Å². The number of carbonyl (C=O) groups excluding carboxylic acids is 2. The van der Waals surface area contributed by atoms with E-state index in [4.69, 9.17) is 5.73 Å². The van der Waals surface area contributed by atoms with E-state index < -0.39 is 0 Å². The first-order valence-corrected chi connectivity index (χ1v) is 7.83. The number of anilines is 2. The summed E-state index contributed by atoms with van der Waals surface area (Å²) in [6.07, 6.45) is 0. The number of nitrogens with one attached hydrogen (secondary N) is 1. The second-order valence-corrected chi connectivity index (χ2v) is 6.89. The summed E-state index contributed by atoms with van der Waals surface area (Å²) in [7, 11) is 0. The number of nitrogen functional groups attached to an aromatic ring is 1. The third-order valence-electron chi connectivity index (χ3n) is 2.61. The predicted octanol–water partition coefficient (Wildman–Crippen LogP) is 2.44. The largest absolute Gasteiger partial charge is 0.374 e. The molecule has 0 bridgehead atoms. The fourth-order valence-electron chi connectivity index (χ4n) is 1.53. The summed E-state index contributed by atoms with van der Waals surface area (Å²) in [5.74, 6) is -0.215. The molecule has 21 heavy (non-hydrogen) atoms. The molecule has 110 valence electrons. The van der Waals surface area contributed by atoms with E-state index >= 15 is 0 Å². The maximum absolute atomic E-state index is 12.1. The minimum atomic E-state index is -0.349. The molecule has 0 spiro atoms. The third kappa shape index (κ3) is 4.27. The van der Waals surface area contributed by atoms with E-state index in [1.54, 1.807) is 31.2 Å². The Bertz CT molecular complexity index is 672. The molecule has 1 heterocycles. The van der Waals surface area contributed by atoms with Crippen LogP contribution in [0.4, 0.5) is 10.8 Å². The number of benzene rings is 1. The van der Waals surface area contributed by atoms with Crippen molar-refractivity contribution in [2.75, 3.05) is 11.1 Å². The van der Waals surface area contributed by atoms with Crippen molar-refractivity contribution in [2.45, 2.75) is 23.4 Å². The van der Waals surface area contributed by atoms with E-state index in [9.17, 15) is 9.59 Å². The van der Waals surface area contributed by atoms with Gasteiger partial charge in [-0.1, -0.05) is 35.2 Å². The summed E-state index contributed by atoms with van der Waals surface area (Å²) in [6, 6.07) is 6.83. The summed E-state index contributed by atoms with van der Waals surface area (Å²) in [4.78, 5) is 23.4. The fourth-order valence-corrected chi connectivity index (χ4v) is 3.31. The highest BCUT2D eigenvalue weighted by Gasteiger charge is 2.17. The lowest BCUT2D eigenvalue weighted by Crippen LogP contribution is -2.22. The van der Waals surface area contributed by atoms with Gasteiger partial charge < -0.3 is 11.1 Å². The number of nitrogens with two attached hydrogens (primary N) is 1. The van der Waals surface area contributed by atoms with Gasteiger partial charge in [-0.2, -0.15) is 0 Å². The van der Waals surface area contributed by atoms with E-state index in [1.807, 2.05) is 0 Å². The number of rotatable bonds is 5. The minimum Gasteiger partial charge on any atom is -0.374 e. The molecule has 0 radical (unpaired) electrons. The molecule has 1 aromatic heterocycles. The van der Waals surface area contributed by atoms with Gasteiger partial charge in [0.25, 0.3) is 0 Å². The summed E-state index contributed by atoms with van der Waals surface area (Å²) in [6.45, 7) is 3.26. The number of amides is 1. The molecule has 1 aromatic carbocycles. The highest BCUT2D eigenvalue weighted by atomic mass is 32.2. The van der Waals surface area contributed by atoms with Gasteiger partial charge in [-0.15, -0.1) is 10.2 Å². The summed E-state index contributed by atoms with van der Waals surface area (Å²) >= 11 is 2.53. The zero-order chi connectivity index (χ0) is 15.4. The van der Waals surface area contributed by atoms with E-state index in [-0.39, 0.29) is 16.9 Å². The highest BCUT2D eigenvalue weighted by molar-refractivity contribution is 8.02. The minimum absolute atomic E-state index is 0.0437. The average molecular weight is 322 g/mol. The zero-order valence-electron chi connectivity index (χ0n) is 11.5. The number of hydrogen-bond acceptors (Lipinski definition) is 7. The Hall–Kier alpha value is -1.93. The molecule has 0 saturated heterocycles. The van der Waals surface area contributed by atoms with Crippen LogP contribution >= 0.6 is 23.1 Å². The van der Waals surface area contributed by atoms with Crippen LogP contribution in [0.1, 0.15) is 24.2 Å². The molecule has 0 fully saturated rings. The maximum atomic E-state index is 12.1. The Morgan fingerprint density at radius 1 is 1.38 bits per heavy atom. The van der Waals surface area contributed by atoms with Crippen LogP contribution in [0, 0.1) is 0 Å². The SMILES string of the molecule is CC(=O)c1cccc(NC(=O)C(C)Sc2nnc(N)s2)c1. The molecule has 1 atom stereocenters. The first kappa shape index (κ1) is 15.5. The van der Waals surface area contributed by atoms with Crippen LogP contribution in [0.2, 0.25) is 0 Å². The van der Waals surface area contributed by atoms with Gasteiger partial charge in [0, 0.05) is 11.3 Å². The number of aromatic nitrogens is 2. The van der Waals surface area contributed by atoms with Gasteiger partial charge in [0.2, 0.25) is 11.0 Å². The number of thioether (sulfide) groups is 1. The van der Waals surface area contributed by atoms with Gasteiger partial charge >= 0.3 is 0 Å². The molecule has 2 rings (SSSR count). The van der Waals surface area contributed by atoms with Crippen LogP contribution < -0.4 is 11.1 Å². The van der Waals surface area contributed by atoms with Crippen LogP contribution in [0.5, 0.6) is 0 Å². The molecule has 0 aliphatic heterocycles. The topological polar surface area (TPSA) is 98.0 Å². The summed E-state index contributed by atoms with van der Waals surface area (Å²) in [5.41, 5.74) is 6.65. The van der Waals surface area contributed by atoms with Crippen molar-refractivity contribution < 1.29 is 9.59 Å². The lowest BCUT2D eigenvalue weighted by molar-refractivity contribution is -0.115.